The van der Waals surface area contributed by atoms with Gasteiger partial charge in [0.25, 0.3) is 0 Å². The van der Waals surface area contributed by atoms with Crippen LogP contribution in [0.5, 0.6) is 0 Å². The van der Waals surface area contributed by atoms with E-state index in [1.54, 1.807) is 35.2 Å². The highest BCUT2D eigenvalue weighted by Gasteiger charge is 2.54. The van der Waals surface area contributed by atoms with E-state index in [1.165, 1.54) is 11.1 Å². The van der Waals surface area contributed by atoms with Crippen molar-refractivity contribution in [3.63, 3.8) is 0 Å². The first-order valence-corrected chi connectivity index (χ1v) is 13.9. The van der Waals surface area contributed by atoms with Crippen LogP contribution < -0.4 is 0 Å². The van der Waals surface area contributed by atoms with Gasteiger partial charge in [0.1, 0.15) is 0 Å². The van der Waals surface area contributed by atoms with E-state index < -0.39 is 14.6 Å². The summed E-state index contributed by atoms with van der Waals surface area (Å²) in [5, 5.41) is 0. The molecule has 5 nitrogen and oxygen atoms in total. The fourth-order valence-corrected chi connectivity index (χ4v) is 7.88. The first-order valence-electron chi connectivity index (χ1n) is 12.5. The van der Waals surface area contributed by atoms with Crippen molar-refractivity contribution in [2.24, 2.45) is 0 Å². The van der Waals surface area contributed by atoms with Crippen LogP contribution in [0.2, 0.25) is 0 Å². The van der Waals surface area contributed by atoms with E-state index in [9.17, 15) is 13.2 Å². The van der Waals surface area contributed by atoms with Crippen molar-refractivity contribution in [1.29, 1.82) is 0 Å². The van der Waals surface area contributed by atoms with Crippen LogP contribution in [0.15, 0.2) is 95.9 Å². The van der Waals surface area contributed by atoms with E-state index in [4.69, 9.17) is 0 Å². The van der Waals surface area contributed by atoms with Crippen LogP contribution in [0.4, 0.5) is 0 Å². The molecule has 2 aliphatic rings. The highest BCUT2D eigenvalue weighted by Crippen LogP contribution is 2.42. The number of hydrogen-bond acceptors (Lipinski definition) is 4. The lowest BCUT2D eigenvalue weighted by Gasteiger charge is -2.42. The van der Waals surface area contributed by atoms with E-state index >= 15 is 0 Å². The van der Waals surface area contributed by atoms with Gasteiger partial charge < -0.3 is 4.90 Å². The zero-order valence-electron chi connectivity index (χ0n) is 19.9. The van der Waals surface area contributed by atoms with Crippen LogP contribution in [-0.4, -0.2) is 55.1 Å². The summed E-state index contributed by atoms with van der Waals surface area (Å²) in [5.74, 6) is -0.213. The number of nitrogens with zero attached hydrogens (tertiary/aromatic N) is 2. The Labute approximate surface area is 208 Å². The van der Waals surface area contributed by atoms with E-state index in [-0.39, 0.29) is 16.8 Å². The van der Waals surface area contributed by atoms with Gasteiger partial charge in [-0.15, -0.1) is 0 Å². The van der Waals surface area contributed by atoms with Gasteiger partial charge in [0.15, 0.2) is 14.6 Å². The molecule has 182 valence electrons. The quantitative estimate of drug-likeness (QED) is 0.504. The molecular formula is C29H32N2O3S. The molecule has 1 saturated heterocycles. The lowest BCUT2D eigenvalue weighted by molar-refractivity contribution is -0.135. The average Bonchev–Trinajstić information content (AvgIpc) is 3.43. The van der Waals surface area contributed by atoms with Gasteiger partial charge in [-0.25, -0.2) is 8.42 Å². The molecule has 0 aromatic heterocycles. The molecule has 3 aromatic rings. The number of rotatable bonds is 6. The predicted molar refractivity (Wildman–Crippen MR) is 138 cm³/mol. The third kappa shape index (κ3) is 4.41. The maximum Gasteiger partial charge on any atom is 0.244 e. The van der Waals surface area contributed by atoms with Gasteiger partial charge in [0.2, 0.25) is 5.91 Å². The number of carbonyl (C=O) groups is 1. The van der Waals surface area contributed by atoms with Gasteiger partial charge in [-0.1, -0.05) is 91.7 Å². The van der Waals surface area contributed by atoms with Gasteiger partial charge in [-0.3, -0.25) is 9.69 Å². The minimum Gasteiger partial charge on any atom is -0.339 e. The lowest BCUT2D eigenvalue weighted by atomic mass is 9.96. The molecule has 2 fully saturated rings. The summed E-state index contributed by atoms with van der Waals surface area (Å²) in [6.07, 6.45) is 2.34. The molecule has 0 atom stereocenters. The Morgan fingerprint density at radius 2 is 1.14 bits per heavy atom. The van der Waals surface area contributed by atoms with Crippen LogP contribution in [0.1, 0.15) is 42.9 Å². The molecule has 6 heteroatoms. The number of amides is 1. The average molecular weight is 489 g/mol. The minimum atomic E-state index is -3.77. The second kappa shape index (κ2) is 9.96. The van der Waals surface area contributed by atoms with Crippen molar-refractivity contribution >= 4 is 15.7 Å². The molecule has 35 heavy (non-hydrogen) atoms. The van der Waals surface area contributed by atoms with E-state index in [0.29, 0.717) is 39.0 Å². The van der Waals surface area contributed by atoms with Gasteiger partial charge >= 0.3 is 0 Å². The number of benzene rings is 3. The highest BCUT2D eigenvalue weighted by atomic mass is 32.2. The SMILES string of the molecule is O=C(N1CCN(C(c2ccccc2)c2ccccc2)CC1)C1(S(=O)(=O)c2ccccc2)CCCC1. The van der Waals surface area contributed by atoms with Gasteiger partial charge in [-0.05, 0) is 36.1 Å². The minimum absolute atomic E-state index is 0.100. The summed E-state index contributed by atoms with van der Waals surface area (Å²) < 4.78 is 26.1. The summed E-state index contributed by atoms with van der Waals surface area (Å²) in [4.78, 5) is 18.3. The molecule has 0 spiro atoms. The molecule has 3 aromatic carbocycles. The third-order valence-electron chi connectivity index (χ3n) is 7.57. The zero-order chi connectivity index (χ0) is 24.3. The summed E-state index contributed by atoms with van der Waals surface area (Å²) in [6, 6.07) is 29.5. The third-order valence-corrected chi connectivity index (χ3v) is 10.1. The Kier molecular flexibility index (Phi) is 6.76. The van der Waals surface area contributed by atoms with Gasteiger partial charge in [0.05, 0.1) is 10.9 Å². The van der Waals surface area contributed by atoms with E-state index in [1.807, 2.05) is 12.1 Å². The van der Waals surface area contributed by atoms with Crippen molar-refractivity contribution in [3.05, 3.63) is 102 Å². The summed E-state index contributed by atoms with van der Waals surface area (Å²) in [6.45, 7) is 2.45. The summed E-state index contributed by atoms with van der Waals surface area (Å²) in [5.41, 5.74) is 2.44. The number of carbonyl (C=O) groups excluding carboxylic acids is 1. The van der Waals surface area contributed by atoms with Gasteiger partial charge in [-0.2, -0.15) is 0 Å². The molecule has 1 aliphatic heterocycles. The van der Waals surface area contributed by atoms with Gasteiger partial charge in [0, 0.05) is 26.2 Å². The monoisotopic (exact) mass is 488 g/mol. The Bertz CT molecular complexity index is 1190. The first-order chi connectivity index (χ1) is 17.0. The Balaban J connectivity index is 1.38. The fourth-order valence-electron chi connectivity index (χ4n) is 5.73. The molecule has 0 N–H and O–H groups in total. The standard InChI is InChI=1S/C29H32N2O3S/c32-28(29(18-10-11-19-29)35(33,34)26-16-8-3-9-17-26)31-22-20-30(21-23-31)27(24-12-4-1-5-13-24)25-14-6-2-7-15-25/h1-9,12-17,27H,10-11,18-23H2. The van der Waals surface area contributed by atoms with Crippen LogP contribution in [-0.2, 0) is 14.6 Å². The topological polar surface area (TPSA) is 57.7 Å². The van der Waals surface area contributed by atoms with Crippen molar-refractivity contribution in [1.82, 2.24) is 9.80 Å². The Hall–Kier alpha value is -2.96. The number of hydrogen-bond donors (Lipinski definition) is 0. The molecule has 0 unspecified atom stereocenters. The Morgan fingerprint density at radius 3 is 1.63 bits per heavy atom. The molecule has 1 amide bonds. The van der Waals surface area contributed by atoms with Crippen molar-refractivity contribution in [2.75, 3.05) is 26.2 Å². The Morgan fingerprint density at radius 1 is 0.686 bits per heavy atom. The largest absolute Gasteiger partial charge is 0.339 e. The van der Waals surface area contributed by atoms with Crippen molar-refractivity contribution in [2.45, 2.75) is 41.4 Å². The van der Waals surface area contributed by atoms with Crippen LogP contribution in [0, 0.1) is 0 Å². The lowest BCUT2D eigenvalue weighted by Crippen LogP contribution is -2.57. The van der Waals surface area contributed by atoms with E-state index in [0.717, 1.165) is 12.8 Å². The molecule has 0 radical (unpaired) electrons. The van der Waals surface area contributed by atoms with Crippen LogP contribution in [0.25, 0.3) is 0 Å². The maximum absolute atomic E-state index is 13.9. The molecular weight excluding hydrogens is 456 g/mol. The first kappa shape index (κ1) is 23.8. The van der Waals surface area contributed by atoms with E-state index in [2.05, 4.69) is 53.4 Å². The molecule has 5 rings (SSSR count). The number of piperazine rings is 1. The predicted octanol–water partition coefficient (Wildman–Crippen LogP) is 4.71. The van der Waals surface area contributed by atoms with Crippen molar-refractivity contribution < 1.29 is 13.2 Å². The zero-order valence-corrected chi connectivity index (χ0v) is 20.7. The molecule has 1 saturated carbocycles. The summed E-state index contributed by atoms with van der Waals surface area (Å²) in [7, 11) is -3.77. The normalized spacial score (nSPS) is 18.6. The molecule has 1 heterocycles. The maximum atomic E-state index is 13.9. The highest BCUT2D eigenvalue weighted by molar-refractivity contribution is 7.93. The fraction of sp³-hybridized carbons (Fsp3) is 0.345. The second-order valence-electron chi connectivity index (χ2n) is 9.57. The van der Waals surface area contributed by atoms with Crippen LogP contribution in [0.3, 0.4) is 0 Å². The summed E-state index contributed by atoms with van der Waals surface area (Å²) >= 11 is 0. The number of sulfone groups is 1. The second-order valence-corrected chi connectivity index (χ2v) is 11.8. The van der Waals surface area contributed by atoms with Crippen LogP contribution >= 0.6 is 0 Å². The smallest absolute Gasteiger partial charge is 0.244 e. The van der Waals surface area contributed by atoms with Crippen molar-refractivity contribution in [3.8, 4) is 0 Å². The molecule has 1 aliphatic carbocycles. The molecule has 0 bridgehead atoms.